The third kappa shape index (κ3) is 4.75. The van der Waals surface area contributed by atoms with Crippen LogP contribution in [0.2, 0.25) is 0 Å². The minimum absolute atomic E-state index is 0.0614. The van der Waals surface area contributed by atoms with E-state index in [-0.39, 0.29) is 16.3 Å². The minimum atomic E-state index is -4.45. The fourth-order valence-electron chi connectivity index (χ4n) is 2.37. The van der Waals surface area contributed by atoms with Crippen LogP contribution in [0.1, 0.15) is 10.5 Å². The first-order chi connectivity index (χ1) is 14.4. The van der Waals surface area contributed by atoms with Crippen LogP contribution < -0.4 is 0 Å². The molecule has 0 unspecified atom stereocenters. The van der Waals surface area contributed by atoms with Gasteiger partial charge in [0.05, 0.1) is 21.2 Å². The highest BCUT2D eigenvalue weighted by Crippen LogP contribution is 2.34. The first-order valence-corrected chi connectivity index (χ1v) is 10.9. The SMILES string of the molecule is O=C(O)c1nn(-c2ccc(S(=O)(=O)O)cc2)c(O)c1/N=N/c1ccc(S(=O)(=O)O)cc1. The topological polar surface area (TPSA) is 209 Å². The summed E-state index contributed by atoms with van der Waals surface area (Å²) in [4.78, 5) is 10.7. The first-order valence-electron chi connectivity index (χ1n) is 8.00. The summed E-state index contributed by atoms with van der Waals surface area (Å²) in [5.74, 6) is -2.27. The van der Waals surface area contributed by atoms with Gasteiger partial charge >= 0.3 is 5.97 Å². The average Bonchev–Trinajstić information content (AvgIpc) is 3.02. The summed E-state index contributed by atoms with van der Waals surface area (Å²) in [6.45, 7) is 0. The molecule has 0 bridgehead atoms. The molecular formula is C16H12N4O9S2. The number of carbonyl (C=O) groups is 1. The number of aromatic carboxylic acids is 1. The second-order valence-corrected chi connectivity index (χ2v) is 8.72. The molecule has 0 amide bonds. The molecule has 0 spiro atoms. The van der Waals surface area contributed by atoms with E-state index in [9.17, 15) is 31.8 Å². The van der Waals surface area contributed by atoms with E-state index in [1.165, 1.54) is 12.1 Å². The van der Waals surface area contributed by atoms with E-state index in [1.807, 2.05) is 0 Å². The second-order valence-electron chi connectivity index (χ2n) is 5.88. The van der Waals surface area contributed by atoms with Crippen LogP contribution in [-0.4, -0.2) is 51.9 Å². The Bertz CT molecular complexity index is 1390. The number of hydrogen-bond donors (Lipinski definition) is 4. The normalized spacial score (nSPS) is 12.3. The number of benzene rings is 2. The minimum Gasteiger partial charge on any atom is -0.492 e. The van der Waals surface area contributed by atoms with Crippen molar-refractivity contribution in [3.63, 3.8) is 0 Å². The van der Waals surface area contributed by atoms with Crippen molar-refractivity contribution in [2.45, 2.75) is 9.79 Å². The van der Waals surface area contributed by atoms with E-state index in [1.54, 1.807) is 0 Å². The molecule has 1 heterocycles. The van der Waals surface area contributed by atoms with Gasteiger partial charge in [0, 0.05) is 0 Å². The lowest BCUT2D eigenvalue weighted by Crippen LogP contribution is -2.02. The van der Waals surface area contributed by atoms with Crippen molar-refractivity contribution in [2.75, 3.05) is 0 Å². The van der Waals surface area contributed by atoms with Crippen LogP contribution >= 0.6 is 0 Å². The summed E-state index contributed by atoms with van der Waals surface area (Å²) in [5.41, 5.74) is -1.06. The summed E-state index contributed by atoms with van der Waals surface area (Å²) in [5, 5.41) is 30.8. The predicted octanol–water partition coefficient (Wildman–Crippen LogP) is 2.18. The van der Waals surface area contributed by atoms with Gasteiger partial charge in [-0.3, -0.25) is 9.11 Å². The molecular weight excluding hydrogens is 456 g/mol. The largest absolute Gasteiger partial charge is 0.492 e. The van der Waals surface area contributed by atoms with E-state index in [0.717, 1.165) is 41.1 Å². The van der Waals surface area contributed by atoms with Crippen LogP contribution in [0.4, 0.5) is 11.4 Å². The molecule has 4 N–H and O–H groups in total. The fourth-order valence-corrected chi connectivity index (χ4v) is 3.33. The van der Waals surface area contributed by atoms with Crippen LogP contribution in [0, 0.1) is 0 Å². The van der Waals surface area contributed by atoms with Gasteiger partial charge in [-0.15, -0.1) is 5.11 Å². The number of aromatic nitrogens is 2. The van der Waals surface area contributed by atoms with E-state index >= 15 is 0 Å². The lowest BCUT2D eigenvalue weighted by atomic mass is 10.3. The number of azo groups is 1. The van der Waals surface area contributed by atoms with E-state index < -0.39 is 48.4 Å². The molecule has 1 aromatic heterocycles. The molecule has 0 radical (unpaired) electrons. The first kappa shape index (κ1) is 22.0. The van der Waals surface area contributed by atoms with Crippen molar-refractivity contribution in [3.8, 4) is 11.6 Å². The van der Waals surface area contributed by atoms with Crippen molar-refractivity contribution >= 4 is 37.6 Å². The molecule has 162 valence electrons. The van der Waals surface area contributed by atoms with Crippen molar-refractivity contribution in [1.82, 2.24) is 9.78 Å². The lowest BCUT2D eigenvalue weighted by molar-refractivity contribution is 0.0690. The lowest BCUT2D eigenvalue weighted by Gasteiger charge is -2.03. The molecule has 13 nitrogen and oxygen atoms in total. The number of rotatable bonds is 6. The highest BCUT2D eigenvalue weighted by Gasteiger charge is 2.24. The summed E-state index contributed by atoms with van der Waals surface area (Å²) in [6.07, 6.45) is 0. The van der Waals surface area contributed by atoms with Gasteiger partial charge in [-0.05, 0) is 48.5 Å². The van der Waals surface area contributed by atoms with Gasteiger partial charge < -0.3 is 10.2 Å². The molecule has 0 aliphatic rings. The van der Waals surface area contributed by atoms with Gasteiger partial charge in [-0.1, -0.05) is 0 Å². The van der Waals surface area contributed by atoms with E-state index in [4.69, 9.17) is 9.11 Å². The van der Waals surface area contributed by atoms with Crippen molar-refractivity contribution < 1.29 is 40.9 Å². The molecule has 3 rings (SSSR count). The Morgan fingerprint density at radius 2 is 1.32 bits per heavy atom. The van der Waals surface area contributed by atoms with Crippen LogP contribution in [0.3, 0.4) is 0 Å². The van der Waals surface area contributed by atoms with Gasteiger partial charge in [-0.25, -0.2) is 4.79 Å². The molecule has 0 atom stereocenters. The zero-order chi connectivity index (χ0) is 23.0. The maximum atomic E-state index is 11.5. The maximum Gasteiger partial charge on any atom is 0.358 e. The van der Waals surface area contributed by atoms with Crippen LogP contribution in [0.15, 0.2) is 68.6 Å². The predicted molar refractivity (Wildman–Crippen MR) is 102 cm³/mol. The van der Waals surface area contributed by atoms with E-state index in [2.05, 4.69) is 15.3 Å². The number of aromatic hydroxyl groups is 1. The number of nitrogens with zero attached hydrogens (tertiary/aromatic N) is 4. The Morgan fingerprint density at radius 3 is 1.77 bits per heavy atom. The van der Waals surface area contributed by atoms with Crippen LogP contribution in [0.25, 0.3) is 5.69 Å². The highest BCUT2D eigenvalue weighted by molar-refractivity contribution is 7.86. The van der Waals surface area contributed by atoms with Gasteiger partial charge in [0.15, 0.2) is 5.69 Å². The zero-order valence-electron chi connectivity index (χ0n) is 15.1. The van der Waals surface area contributed by atoms with Crippen molar-refractivity contribution in [3.05, 3.63) is 54.2 Å². The molecule has 2 aromatic carbocycles. The molecule has 31 heavy (non-hydrogen) atoms. The highest BCUT2D eigenvalue weighted by atomic mass is 32.2. The Morgan fingerprint density at radius 1 is 0.839 bits per heavy atom. The monoisotopic (exact) mass is 468 g/mol. The molecule has 0 fully saturated rings. The van der Waals surface area contributed by atoms with Gasteiger partial charge in [0.25, 0.3) is 20.2 Å². The quantitative estimate of drug-likeness (QED) is 0.306. The third-order valence-electron chi connectivity index (χ3n) is 3.82. The average molecular weight is 468 g/mol. The Hall–Kier alpha value is -3.66. The third-order valence-corrected chi connectivity index (χ3v) is 5.55. The maximum absolute atomic E-state index is 11.5. The molecule has 0 aliphatic carbocycles. The summed E-state index contributed by atoms with van der Waals surface area (Å²) >= 11 is 0. The Kier molecular flexibility index (Phi) is 5.60. The Balaban J connectivity index is 2.00. The smallest absolute Gasteiger partial charge is 0.358 e. The zero-order valence-corrected chi connectivity index (χ0v) is 16.7. The second kappa shape index (κ2) is 7.88. The molecule has 0 saturated carbocycles. The molecule has 15 heteroatoms. The van der Waals surface area contributed by atoms with Gasteiger partial charge in [-0.2, -0.15) is 31.7 Å². The molecule has 0 saturated heterocycles. The summed E-state index contributed by atoms with van der Waals surface area (Å²) in [7, 11) is -8.86. The van der Waals surface area contributed by atoms with Crippen LogP contribution in [0.5, 0.6) is 5.88 Å². The number of hydrogen-bond acceptors (Lipinski definition) is 9. The van der Waals surface area contributed by atoms with E-state index in [0.29, 0.717) is 0 Å². The Labute approximate surface area is 174 Å². The number of carboxylic acids is 1. The van der Waals surface area contributed by atoms with Gasteiger partial charge in [0.2, 0.25) is 11.6 Å². The standard InChI is InChI=1S/C16H12N4O9S2/c21-15-13(18-17-9-1-5-11(6-2-9)30(24,25)26)14(16(22)23)19-20(15)10-3-7-12(8-4-10)31(27,28)29/h1-8,21H,(H,22,23)(H,24,25,26)(H,27,28,29)/b18-17+. The van der Waals surface area contributed by atoms with Gasteiger partial charge in [0.1, 0.15) is 0 Å². The fraction of sp³-hybridized carbons (Fsp3) is 0. The van der Waals surface area contributed by atoms with Crippen molar-refractivity contribution in [2.24, 2.45) is 10.2 Å². The summed E-state index contributed by atoms with van der Waals surface area (Å²) < 4.78 is 63.1. The van der Waals surface area contributed by atoms with Crippen LogP contribution in [-0.2, 0) is 20.2 Å². The number of carboxylic acid groups (broad SMARTS) is 1. The van der Waals surface area contributed by atoms with Crippen molar-refractivity contribution in [1.29, 1.82) is 0 Å². The molecule has 3 aromatic rings. The molecule has 0 aliphatic heterocycles. The summed E-state index contributed by atoms with van der Waals surface area (Å²) in [6, 6.07) is 8.82.